The zero-order valence-corrected chi connectivity index (χ0v) is 13.0. The van der Waals surface area contributed by atoms with Crippen molar-refractivity contribution in [3.63, 3.8) is 0 Å². The Morgan fingerprint density at radius 2 is 1.89 bits per heavy atom. The molecule has 1 saturated heterocycles. The van der Waals surface area contributed by atoms with E-state index in [1.165, 1.54) is 22.4 Å². The van der Waals surface area contributed by atoms with Crippen molar-refractivity contribution in [3.05, 3.63) is 28.8 Å². The Labute approximate surface area is 117 Å². The molecule has 2 heteroatoms. The number of rotatable bonds is 3. The van der Waals surface area contributed by atoms with Crippen LogP contribution in [0.15, 0.2) is 12.1 Å². The molecule has 2 atom stereocenters. The highest BCUT2D eigenvalue weighted by Gasteiger charge is 2.31. The fraction of sp³-hybridized carbons (Fsp3) is 0.647. The molecule has 1 aromatic carbocycles. The highest BCUT2D eigenvalue weighted by Crippen LogP contribution is 2.31. The maximum absolute atomic E-state index is 5.92. The lowest BCUT2D eigenvalue weighted by atomic mass is 9.89. The summed E-state index contributed by atoms with van der Waals surface area (Å²) in [5.74, 6) is 0. The number of anilines is 1. The molecule has 2 nitrogen and oxygen atoms in total. The first-order valence-corrected chi connectivity index (χ1v) is 7.42. The molecule has 2 rings (SSSR count). The minimum absolute atomic E-state index is 0.0441. The van der Waals surface area contributed by atoms with Gasteiger partial charge in [0.1, 0.15) is 0 Å². The van der Waals surface area contributed by atoms with Crippen molar-refractivity contribution in [3.8, 4) is 0 Å². The van der Waals surface area contributed by atoms with Gasteiger partial charge in [0.25, 0.3) is 0 Å². The molecule has 2 unspecified atom stereocenters. The normalized spacial score (nSPS) is 27.3. The Hall–Kier alpha value is -1.02. The molecule has 0 aromatic heterocycles. The maximum atomic E-state index is 5.92. The van der Waals surface area contributed by atoms with Gasteiger partial charge in [-0.3, -0.25) is 0 Å². The minimum atomic E-state index is 0.0441. The van der Waals surface area contributed by atoms with Crippen molar-refractivity contribution in [1.82, 2.24) is 0 Å². The molecule has 0 aliphatic carbocycles. The van der Waals surface area contributed by atoms with Crippen molar-refractivity contribution in [1.29, 1.82) is 0 Å². The SMILES string of the molecule is CCC1(C)CC(Nc2c(C)cc(C)cc2C)CCO1. The standard InChI is InChI=1S/C17H27NO/c1-6-17(5)11-15(7-8-19-17)18-16-13(3)9-12(2)10-14(16)4/h9-10,15,18H,6-8,11H2,1-5H3. The smallest absolute Gasteiger partial charge is 0.0671 e. The minimum Gasteiger partial charge on any atom is -0.382 e. The van der Waals surface area contributed by atoms with E-state index in [-0.39, 0.29) is 5.60 Å². The third-order valence-electron chi connectivity index (χ3n) is 4.37. The molecule has 0 spiro atoms. The third-order valence-corrected chi connectivity index (χ3v) is 4.37. The molecule has 1 aromatic rings. The van der Waals surface area contributed by atoms with Crippen LogP contribution in [-0.4, -0.2) is 18.2 Å². The summed E-state index contributed by atoms with van der Waals surface area (Å²) in [5, 5.41) is 3.75. The lowest BCUT2D eigenvalue weighted by Crippen LogP contribution is -2.42. The van der Waals surface area contributed by atoms with Crippen LogP contribution in [-0.2, 0) is 4.74 Å². The molecule has 19 heavy (non-hydrogen) atoms. The second-order valence-corrected chi connectivity index (χ2v) is 6.26. The van der Waals surface area contributed by atoms with E-state index in [1.807, 2.05) is 0 Å². The Morgan fingerprint density at radius 3 is 2.47 bits per heavy atom. The topological polar surface area (TPSA) is 21.3 Å². The van der Waals surface area contributed by atoms with Gasteiger partial charge in [-0.25, -0.2) is 0 Å². The Morgan fingerprint density at radius 1 is 1.26 bits per heavy atom. The maximum Gasteiger partial charge on any atom is 0.0671 e. The molecule has 0 radical (unpaired) electrons. The average Bonchev–Trinajstić information content (AvgIpc) is 2.34. The summed E-state index contributed by atoms with van der Waals surface area (Å²) in [7, 11) is 0. The quantitative estimate of drug-likeness (QED) is 0.872. The summed E-state index contributed by atoms with van der Waals surface area (Å²) in [6.07, 6.45) is 3.27. The molecular formula is C17H27NO. The number of ether oxygens (including phenoxy) is 1. The summed E-state index contributed by atoms with van der Waals surface area (Å²) in [5.41, 5.74) is 5.40. The molecule has 1 heterocycles. The third kappa shape index (κ3) is 3.30. The molecule has 0 amide bonds. The van der Waals surface area contributed by atoms with Crippen LogP contribution in [0.3, 0.4) is 0 Å². The van der Waals surface area contributed by atoms with Gasteiger partial charge in [0, 0.05) is 18.3 Å². The van der Waals surface area contributed by atoms with E-state index in [0.717, 1.165) is 25.9 Å². The van der Waals surface area contributed by atoms with Crippen LogP contribution in [0, 0.1) is 20.8 Å². The fourth-order valence-electron chi connectivity index (χ4n) is 3.11. The van der Waals surface area contributed by atoms with Crippen molar-refractivity contribution in [2.45, 2.75) is 65.5 Å². The molecule has 1 fully saturated rings. The summed E-state index contributed by atoms with van der Waals surface area (Å²) in [6, 6.07) is 5.04. The van der Waals surface area contributed by atoms with Crippen LogP contribution in [0.2, 0.25) is 0 Å². The van der Waals surface area contributed by atoms with Gasteiger partial charge < -0.3 is 10.1 Å². The number of aryl methyl sites for hydroxylation is 3. The van der Waals surface area contributed by atoms with E-state index in [0.29, 0.717) is 6.04 Å². The summed E-state index contributed by atoms with van der Waals surface area (Å²) >= 11 is 0. The first-order valence-electron chi connectivity index (χ1n) is 7.42. The van der Waals surface area contributed by atoms with Gasteiger partial charge in [-0.05, 0) is 58.1 Å². The molecule has 106 valence electrons. The second kappa shape index (κ2) is 5.54. The molecule has 0 saturated carbocycles. The molecule has 1 N–H and O–H groups in total. The van der Waals surface area contributed by atoms with Gasteiger partial charge in [0.2, 0.25) is 0 Å². The van der Waals surface area contributed by atoms with Crippen LogP contribution in [0.5, 0.6) is 0 Å². The van der Waals surface area contributed by atoms with E-state index in [1.54, 1.807) is 0 Å². The van der Waals surface area contributed by atoms with Crippen molar-refractivity contribution in [2.75, 3.05) is 11.9 Å². The van der Waals surface area contributed by atoms with Crippen molar-refractivity contribution in [2.24, 2.45) is 0 Å². The number of nitrogens with one attached hydrogen (secondary N) is 1. The lowest BCUT2D eigenvalue weighted by Gasteiger charge is -2.38. The number of hydrogen-bond acceptors (Lipinski definition) is 2. The van der Waals surface area contributed by atoms with Gasteiger partial charge in [-0.1, -0.05) is 24.6 Å². The van der Waals surface area contributed by atoms with Gasteiger partial charge >= 0.3 is 0 Å². The first-order chi connectivity index (χ1) is 8.93. The fourth-order valence-corrected chi connectivity index (χ4v) is 3.11. The summed E-state index contributed by atoms with van der Waals surface area (Å²) < 4.78 is 5.92. The van der Waals surface area contributed by atoms with Crippen molar-refractivity contribution >= 4 is 5.69 Å². The zero-order chi connectivity index (χ0) is 14.0. The van der Waals surface area contributed by atoms with E-state index in [9.17, 15) is 0 Å². The molecule has 0 bridgehead atoms. The highest BCUT2D eigenvalue weighted by molar-refractivity contribution is 5.58. The first kappa shape index (κ1) is 14.4. The molecule has 1 aliphatic rings. The Bertz CT molecular complexity index is 432. The van der Waals surface area contributed by atoms with Crippen LogP contribution < -0.4 is 5.32 Å². The zero-order valence-electron chi connectivity index (χ0n) is 13.0. The van der Waals surface area contributed by atoms with Gasteiger partial charge in [-0.2, -0.15) is 0 Å². The number of benzene rings is 1. The van der Waals surface area contributed by atoms with E-state index in [4.69, 9.17) is 4.74 Å². The van der Waals surface area contributed by atoms with Gasteiger partial charge in [0.15, 0.2) is 0 Å². The van der Waals surface area contributed by atoms with E-state index in [2.05, 4.69) is 52.1 Å². The van der Waals surface area contributed by atoms with Crippen LogP contribution in [0.1, 0.15) is 49.8 Å². The predicted molar refractivity (Wildman–Crippen MR) is 81.9 cm³/mol. The Balaban J connectivity index is 2.13. The molecule has 1 aliphatic heterocycles. The Kier molecular flexibility index (Phi) is 4.19. The van der Waals surface area contributed by atoms with Crippen LogP contribution in [0.4, 0.5) is 5.69 Å². The highest BCUT2D eigenvalue weighted by atomic mass is 16.5. The lowest BCUT2D eigenvalue weighted by molar-refractivity contribution is -0.0709. The van der Waals surface area contributed by atoms with E-state index < -0.39 is 0 Å². The number of hydrogen-bond donors (Lipinski definition) is 1. The largest absolute Gasteiger partial charge is 0.382 e. The van der Waals surface area contributed by atoms with Crippen molar-refractivity contribution < 1.29 is 4.74 Å². The van der Waals surface area contributed by atoms with Gasteiger partial charge in [-0.15, -0.1) is 0 Å². The average molecular weight is 261 g/mol. The predicted octanol–water partition coefficient (Wildman–Crippen LogP) is 4.37. The summed E-state index contributed by atoms with van der Waals surface area (Å²) in [6.45, 7) is 11.9. The van der Waals surface area contributed by atoms with Gasteiger partial charge in [0.05, 0.1) is 5.60 Å². The van der Waals surface area contributed by atoms with Crippen LogP contribution in [0.25, 0.3) is 0 Å². The molecular weight excluding hydrogens is 234 g/mol. The second-order valence-electron chi connectivity index (χ2n) is 6.26. The monoisotopic (exact) mass is 261 g/mol. The summed E-state index contributed by atoms with van der Waals surface area (Å²) in [4.78, 5) is 0. The van der Waals surface area contributed by atoms with Crippen LogP contribution >= 0.6 is 0 Å². The van der Waals surface area contributed by atoms with E-state index >= 15 is 0 Å².